The Hall–Kier alpha value is -5.11. The van der Waals surface area contributed by atoms with E-state index in [1.807, 2.05) is 36.4 Å². The van der Waals surface area contributed by atoms with Crippen molar-refractivity contribution in [3.63, 3.8) is 0 Å². The maximum Gasteiger partial charge on any atom is 0.453 e. The molecule has 5 aromatic rings. The third kappa shape index (κ3) is 5.91. The van der Waals surface area contributed by atoms with E-state index in [0.717, 1.165) is 22.8 Å². The maximum absolute atomic E-state index is 13.9. The van der Waals surface area contributed by atoms with Crippen LogP contribution in [0.2, 0.25) is 0 Å². The van der Waals surface area contributed by atoms with Crippen LogP contribution in [-0.4, -0.2) is 5.97 Å². The zero-order valence-corrected chi connectivity index (χ0v) is 20.1. The lowest BCUT2D eigenvalue weighted by Gasteiger charge is -2.14. The minimum Gasteiger partial charge on any atom is -0.449 e. The summed E-state index contributed by atoms with van der Waals surface area (Å²) in [5.41, 5.74) is 1.08. The number of hydrogen-bond donors (Lipinski definition) is 0. The predicted molar refractivity (Wildman–Crippen MR) is 141 cm³/mol. The second-order valence-corrected chi connectivity index (χ2v) is 8.40. The molecule has 0 radical (unpaired) electrons. The van der Waals surface area contributed by atoms with E-state index in [2.05, 4.69) is 0 Å². The van der Waals surface area contributed by atoms with Gasteiger partial charge < -0.3 is 13.9 Å². The molecule has 0 bridgehead atoms. The molecule has 0 aliphatic carbocycles. The molecule has 5 nitrogen and oxygen atoms in total. The van der Waals surface area contributed by atoms with E-state index in [1.165, 1.54) is 36.4 Å². The molecule has 5 rings (SSSR count). The molecule has 0 amide bonds. The van der Waals surface area contributed by atoms with Crippen molar-refractivity contribution in [3.05, 3.63) is 131 Å². The normalized spacial score (nSPS) is 11.6. The highest BCUT2D eigenvalue weighted by Crippen LogP contribution is 2.39. The summed E-state index contributed by atoms with van der Waals surface area (Å²) in [5.74, 6) is -3.40. The Morgan fingerprint density at radius 3 is 2.05 bits per heavy atom. The van der Waals surface area contributed by atoms with Gasteiger partial charge in [-0.2, -0.15) is 13.2 Å². The second-order valence-electron chi connectivity index (χ2n) is 8.40. The van der Waals surface area contributed by atoms with Crippen LogP contribution in [-0.2, 0) is 11.0 Å². The summed E-state index contributed by atoms with van der Waals surface area (Å²) in [5, 5.41) is -0.168. The van der Waals surface area contributed by atoms with Gasteiger partial charge in [-0.1, -0.05) is 72.8 Å². The number of halogens is 3. The smallest absolute Gasteiger partial charge is 0.449 e. The molecule has 0 atom stereocenters. The first kappa shape index (κ1) is 25.5. The molecule has 0 spiro atoms. The summed E-state index contributed by atoms with van der Waals surface area (Å²) < 4.78 is 57.4. The quantitative estimate of drug-likeness (QED) is 0.127. The molecule has 0 aliphatic rings. The SMILES string of the molecule is O=C(C=Cc1ccccc1)Oc1ccc2c(=O)c(Oc3ccc(-c4ccccc4)cc3)c(C(F)(F)F)oc2c1. The molecule has 0 fully saturated rings. The number of rotatable bonds is 6. The van der Waals surface area contributed by atoms with E-state index < -0.39 is 34.7 Å². The Labute approximate surface area is 220 Å². The van der Waals surface area contributed by atoms with Crippen molar-refractivity contribution in [3.8, 4) is 28.4 Å². The van der Waals surface area contributed by atoms with Crippen molar-refractivity contribution < 1.29 is 31.9 Å². The summed E-state index contributed by atoms with van der Waals surface area (Å²) in [4.78, 5) is 25.3. The van der Waals surface area contributed by atoms with Gasteiger partial charge in [0.1, 0.15) is 17.1 Å². The number of benzene rings is 4. The number of carbonyl (C=O) groups excluding carboxylic acids is 1. The average molecular weight is 528 g/mol. The van der Waals surface area contributed by atoms with Crippen LogP contribution in [0.1, 0.15) is 11.3 Å². The Morgan fingerprint density at radius 2 is 1.38 bits per heavy atom. The van der Waals surface area contributed by atoms with Gasteiger partial charge in [0.2, 0.25) is 11.2 Å². The lowest BCUT2D eigenvalue weighted by molar-refractivity contribution is -0.154. The Balaban J connectivity index is 1.44. The molecular weight excluding hydrogens is 509 g/mol. The summed E-state index contributed by atoms with van der Waals surface area (Å²) in [7, 11) is 0. The highest BCUT2D eigenvalue weighted by Gasteiger charge is 2.40. The van der Waals surface area contributed by atoms with E-state index in [0.29, 0.717) is 0 Å². The molecule has 1 heterocycles. The molecule has 0 saturated carbocycles. The van der Waals surface area contributed by atoms with Gasteiger partial charge in [0, 0.05) is 12.1 Å². The lowest BCUT2D eigenvalue weighted by Crippen LogP contribution is -2.15. The van der Waals surface area contributed by atoms with Crippen molar-refractivity contribution >= 4 is 23.0 Å². The van der Waals surface area contributed by atoms with Gasteiger partial charge in [0.25, 0.3) is 5.76 Å². The topological polar surface area (TPSA) is 65.7 Å². The van der Waals surface area contributed by atoms with Crippen molar-refractivity contribution in [2.45, 2.75) is 6.18 Å². The average Bonchev–Trinajstić information content (AvgIpc) is 2.94. The van der Waals surface area contributed by atoms with Gasteiger partial charge in [0.15, 0.2) is 0 Å². The fourth-order valence-electron chi connectivity index (χ4n) is 3.84. The van der Waals surface area contributed by atoms with Crippen LogP contribution in [0.3, 0.4) is 0 Å². The van der Waals surface area contributed by atoms with Crippen LogP contribution >= 0.6 is 0 Å². The third-order valence-electron chi connectivity index (χ3n) is 5.69. The Morgan fingerprint density at radius 1 is 0.769 bits per heavy atom. The van der Waals surface area contributed by atoms with Crippen LogP contribution in [0, 0.1) is 0 Å². The van der Waals surface area contributed by atoms with E-state index in [4.69, 9.17) is 13.9 Å². The molecule has 194 valence electrons. The van der Waals surface area contributed by atoms with Gasteiger partial charge in [-0.15, -0.1) is 0 Å². The van der Waals surface area contributed by atoms with Crippen molar-refractivity contribution in [1.29, 1.82) is 0 Å². The minimum absolute atomic E-state index is 0.0302. The van der Waals surface area contributed by atoms with Gasteiger partial charge in [-0.05, 0) is 47.0 Å². The second kappa shape index (κ2) is 10.7. The summed E-state index contributed by atoms with van der Waals surface area (Å²) in [6.45, 7) is 0. The van der Waals surface area contributed by atoms with E-state index in [-0.39, 0.29) is 16.9 Å². The molecule has 0 unspecified atom stereocenters. The zero-order valence-electron chi connectivity index (χ0n) is 20.1. The van der Waals surface area contributed by atoms with Gasteiger partial charge in [-0.3, -0.25) is 4.79 Å². The number of esters is 1. The first-order valence-electron chi connectivity index (χ1n) is 11.7. The van der Waals surface area contributed by atoms with Crippen molar-refractivity contribution in [2.75, 3.05) is 0 Å². The Bertz CT molecular complexity index is 1710. The number of hydrogen-bond acceptors (Lipinski definition) is 5. The van der Waals surface area contributed by atoms with E-state index in [9.17, 15) is 22.8 Å². The lowest BCUT2D eigenvalue weighted by atomic mass is 10.1. The van der Waals surface area contributed by atoms with Gasteiger partial charge >= 0.3 is 12.1 Å². The molecule has 0 aliphatic heterocycles. The number of fused-ring (bicyclic) bond motifs is 1. The first-order chi connectivity index (χ1) is 18.8. The standard InChI is InChI=1S/C31H19F3O5/c32-31(33,34)30-29(38-23-14-12-22(13-15-23)21-9-5-2-6-10-21)28(36)25-17-16-24(19-26(25)39-30)37-27(35)18-11-20-7-3-1-4-8-20/h1-19H. The van der Waals surface area contributed by atoms with Crippen LogP contribution < -0.4 is 14.9 Å². The molecule has 39 heavy (non-hydrogen) atoms. The van der Waals surface area contributed by atoms with Gasteiger partial charge in [0.05, 0.1) is 5.39 Å². The highest BCUT2D eigenvalue weighted by atomic mass is 19.4. The van der Waals surface area contributed by atoms with Crippen LogP contribution in [0.15, 0.2) is 118 Å². The van der Waals surface area contributed by atoms with Crippen LogP contribution in [0.4, 0.5) is 13.2 Å². The van der Waals surface area contributed by atoms with Crippen LogP contribution in [0.5, 0.6) is 17.2 Å². The molecule has 8 heteroatoms. The van der Waals surface area contributed by atoms with Crippen molar-refractivity contribution in [1.82, 2.24) is 0 Å². The number of alkyl halides is 3. The number of carbonyl (C=O) groups is 1. The van der Waals surface area contributed by atoms with Crippen LogP contribution in [0.25, 0.3) is 28.2 Å². The summed E-state index contributed by atoms with van der Waals surface area (Å²) in [6.07, 6.45) is -2.32. The third-order valence-corrected chi connectivity index (χ3v) is 5.69. The first-order valence-corrected chi connectivity index (χ1v) is 11.7. The highest BCUT2D eigenvalue weighted by molar-refractivity contribution is 5.89. The van der Waals surface area contributed by atoms with E-state index in [1.54, 1.807) is 36.4 Å². The summed E-state index contributed by atoms with van der Waals surface area (Å²) >= 11 is 0. The summed E-state index contributed by atoms with van der Waals surface area (Å²) in [6, 6.07) is 28.2. The Kier molecular flexibility index (Phi) is 7.01. The molecule has 1 aromatic heterocycles. The molecular formula is C31H19F3O5. The molecule has 4 aromatic carbocycles. The van der Waals surface area contributed by atoms with Gasteiger partial charge in [-0.25, -0.2) is 4.79 Å². The largest absolute Gasteiger partial charge is 0.453 e. The maximum atomic E-state index is 13.9. The zero-order chi connectivity index (χ0) is 27.4. The minimum atomic E-state index is -5.03. The predicted octanol–water partition coefficient (Wildman–Crippen LogP) is 7.89. The van der Waals surface area contributed by atoms with Crippen molar-refractivity contribution in [2.24, 2.45) is 0 Å². The monoisotopic (exact) mass is 528 g/mol. The van der Waals surface area contributed by atoms with E-state index >= 15 is 0 Å². The fraction of sp³-hybridized carbons (Fsp3) is 0.0323. The molecule has 0 N–H and O–H groups in total. The number of ether oxygens (including phenoxy) is 2. The molecule has 0 saturated heterocycles. The fourth-order valence-corrected chi connectivity index (χ4v) is 3.84.